The Morgan fingerprint density at radius 2 is 2.27 bits per heavy atom. The van der Waals surface area contributed by atoms with Gasteiger partial charge < -0.3 is 10.1 Å². The lowest BCUT2D eigenvalue weighted by molar-refractivity contribution is 0.282. The third kappa shape index (κ3) is 2.07. The van der Waals surface area contributed by atoms with Gasteiger partial charge in [0.25, 0.3) is 0 Å². The summed E-state index contributed by atoms with van der Waals surface area (Å²) in [6, 6.07) is 7.81. The lowest BCUT2D eigenvalue weighted by Gasteiger charge is -2.00. The Morgan fingerprint density at radius 1 is 1.40 bits per heavy atom. The predicted molar refractivity (Wildman–Crippen MR) is 59.3 cm³/mol. The van der Waals surface area contributed by atoms with Gasteiger partial charge in [-0.1, -0.05) is 25.1 Å². The first kappa shape index (κ1) is 9.93. The number of imidazole rings is 1. The topological polar surface area (TPSA) is 48.9 Å². The largest absolute Gasteiger partial charge is 0.392 e. The van der Waals surface area contributed by atoms with Gasteiger partial charge in [-0.2, -0.15) is 0 Å². The highest BCUT2D eigenvalue weighted by molar-refractivity contribution is 5.59. The summed E-state index contributed by atoms with van der Waals surface area (Å²) in [5, 5.41) is 9.03. The summed E-state index contributed by atoms with van der Waals surface area (Å²) in [5.41, 5.74) is 2.98. The van der Waals surface area contributed by atoms with E-state index in [2.05, 4.69) is 16.9 Å². The molecule has 0 spiro atoms. The van der Waals surface area contributed by atoms with Crippen molar-refractivity contribution >= 4 is 0 Å². The van der Waals surface area contributed by atoms with Crippen LogP contribution in [0, 0.1) is 0 Å². The van der Waals surface area contributed by atoms with Gasteiger partial charge in [0.15, 0.2) is 0 Å². The van der Waals surface area contributed by atoms with Crippen molar-refractivity contribution in [1.29, 1.82) is 0 Å². The minimum absolute atomic E-state index is 0.0720. The van der Waals surface area contributed by atoms with E-state index in [-0.39, 0.29) is 6.61 Å². The number of aryl methyl sites for hydroxylation is 1. The fourth-order valence-electron chi connectivity index (χ4n) is 1.53. The van der Waals surface area contributed by atoms with E-state index in [0.717, 1.165) is 29.1 Å². The minimum atomic E-state index is 0.0720. The van der Waals surface area contributed by atoms with Crippen molar-refractivity contribution < 1.29 is 5.11 Å². The third-order valence-corrected chi connectivity index (χ3v) is 2.38. The van der Waals surface area contributed by atoms with Gasteiger partial charge in [0.05, 0.1) is 18.5 Å². The Bertz CT molecular complexity index is 448. The molecule has 1 aromatic carbocycles. The molecule has 1 aromatic heterocycles. The molecule has 0 saturated heterocycles. The molecule has 0 aliphatic carbocycles. The third-order valence-electron chi connectivity index (χ3n) is 2.38. The molecular formula is C12H14N2O. The molecule has 2 aromatic rings. The molecule has 0 fully saturated rings. The number of benzene rings is 1. The van der Waals surface area contributed by atoms with Crippen molar-refractivity contribution in [2.45, 2.75) is 20.0 Å². The number of rotatable bonds is 3. The summed E-state index contributed by atoms with van der Waals surface area (Å²) < 4.78 is 0. The Hall–Kier alpha value is -1.61. The maximum Gasteiger partial charge on any atom is 0.106 e. The first-order valence-corrected chi connectivity index (χ1v) is 5.07. The maximum atomic E-state index is 9.03. The lowest BCUT2D eigenvalue weighted by Crippen LogP contribution is -1.85. The quantitative estimate of drug-likeness (QED) is 0.801. The standard InChI is InChI=1S/C12H14N2O/c1-2-12-13-7-11(14-12)10-5-3-4-9(6-10)8-15/h3-7,15H,2,8H2,1H3,(H,13,14). The lowest BCUT2D eigenvalue weighted by atomic mass is 10.1. The Balaban J connectivity index is 2.35. The summed E-state index contributed by atoms with van der Waals surface area (Å²) in [7, 11) is 0. The number of nitrogens with zero attached hydrogens (tertiary/aromatic N) is 1. The molecule has 78 valence electrons. The first-order chi connectivity index (χ1) is 7.33. The van der Waals surface area contributed by atoms with Crippen LogP contribution in [0.3, 0.4) is 0 Å². The van der Waals surface area contributed by atoms with Gasteiger partial charge in [0.2, 0.25) is 0 Å². The van der Waals surface area contributed by atoms with Gasteiger partial charge in [0, 0.05) is 6.42 Å². The monoisotopic (exact) mass is 202 g/mol. The average Bonchev–Trinajstić information content (AvgIpc) is 2.78. The van der Waals surface area contributed by atoms with Crippen molar-refractivity contribution in [1.82, 2.24) is 9.97 Å². The molecule has 0 atom stereocenters. The van der Waals surface area contributed by atoms with E-state index in [0.29, 0.717) is 0 Å². The van der Waals surface area contributed by atoms with E-state index in [1.807, 2.05) is 30.5 Å². The van der Waals surface area contributed by atoms with Gasteiger partial charge >= 0.3 is 0 Å². The van der Waals surface area contributed by atoms with E-state index in [9.17, 15) is 0 Å². The van der Waals surface area contributed by atoms with Crippen LogP contribution in [-0.2, 0) is 13.0 Å². The molecule has 1 heterocycles. The number of aliphatic hydroxyl groups is 1. The van der Waals surface area contributed by atoms with Crippen LogP contribution >= 0.6 is 0 Å². The van der Waals surface area contributed by atoms with Crippen molar-refractivity contribution in [2.24, 2.45) is 0 Å². The summed E-state index contributed by atoms with van der Waals surface area (Å²) in [5.74, 6) is 0.986. The zero-order chi connectivity index (χ0) is 10.7. The summed E-state index contributed by atoms with van der Waals surface area (Å²) in [4.78, 5) is 7.49. The molecule has 0 bridgehead atoms. The molecule has 3 heteroatoms. The Morgan fingerprint density at radius 3 is 2.93 bits per heavy atom. The van der Waals surface area contributed by atoms with Gasteiger partial charge in [-0.3, -0.25) is 0 Å². The molecule has 0 saturated carbocycles. The van der Waals surface area contributed by atoms with Crippen LogP contribution in [0.2, 0.25) is 0 Å². The van der Waals surface area contributed by atoms with Crippen LogP contribution in [0.25, 0.3) is 11.3 Å². The maximum absolute atomic E-state index is 9.03. The van der Waals surface area contributed by atoms with E-state index in [1.54, 1.807) is 0 Å². The smallest absolute Gasteiger partial charge is 0.106 e. The van der Waals surface area contributed by atoms with E-state index in [1.165, 1.54) is 0 Å². The molecule has 0 amide bonds. The van der Waals surface area contributed by atoms with Gasteiger partial charge in [-0.15, -0.1) is 0 Å². The zero-order valence-corrected chi connectivity index (χ0v) is 8.70. The number of H-pyrrole nitrogens is 1. The second-order valence-electron chi connectivity index (χ2n) is 3.46. The second-order valence-corrected chi connectivity index (χ2v) is 3.46. The Kier molecular flexibility index (Phi) is 2.83. The number of hydrogen-bond acceptors (Lipinski definition) is 2. The predicted octanol–water partition coefficient (Wildman–Crippen LogP) is 2.13. The number of nitrogens with one attached hydrogen (secondary N) is 1. The number of hydrogen-bond donors (Lipinski definition) is 2. The van der Waals surface area contributed by atoms with Gasteiger partial charge in [0.1, 0.15) is 5.82 Å². The van der Waals surface area contributed by atoms with Crippen LogP contribution in [-0.4, -0.2) is 15.1 Å². The molecule has 3 nitrogen and oxygen atoms in total. The fourth-order valence-corrected chi connectivity index (χ4v) is 1.53. The van der Waals surface area contributed by atoms with Crippen LogP contribution in [0.5, 0.6) is 0 Å². The van der Waals surface area contributed by atoms with E-state index in [4.69, 9.17) is 5.11 Å². The normalized spacial score (nSPS) is 10.5. The summed E-state index contributed by atoms with van der Waals surface area (Å²) in [6.45, 7) is 2.13. The van der Waals surface area contributed by atoms with Gasteiger partial charge in [-0.05, 0) is 17.2 Å². The van der Waals surface area contributed by atoms with Crippen LogP contribution in [0.1, 0.15) is 18.3 Å². The molecule has 2 N–H and O–H groups in total. The molecule has 0 aliphatic heterocycles. The molecule has 0 aliphatic rings. The minimum Gasteiger partial charge on any atom is -0.392 e. The van der Waals surface area contributed by atoms with E-state index >= 15 is 0 Å². The van der Waals surface area contributed by atoms with Crippen molar-refractivity contribution in [3.05, 3.63) is 41.9 Å². The first-order valence-electron chi connectivity index (χ1n) is 5.07. The van der Waals surface area contributed by atoms with Crippen molar-refractivity contribution in [3.63, 3.8) is 0 Å². The van der Waals surface area contributed by atoms with Crippen molar-refractivity contribution in [2.75, 3.05) is 0 Å². The van der Waals surface area contributed by atoms with E-state index < -0.39 is 0 Å². The second kappa shape index (κ2) is 4.28. The van der Waals surface area contributed by atoms with Crippen LogP contribution in [0.4, 0.5) is 0 Å². The highest BCUT2D eigenvalue weighted by Crippen LogP contribution is 2.18. The molecule has 0 radical (unpaired) electrons. The van der Waals surface area contributed by atoms with Crippen LogP contribution < -0.4 is 0 Å². The van der Waals surface area contributed by atoms with Gasteiger partial charge in [-0.25, -0.2) is 4.98 Å². The highest BCUT2D eigenvalue weighted by atomic mass is 16.3. The number of aromatic amines is 1. The molecule has 15 heavy (non-hydrogen) atoms. The zero-order valence-electron chi connectivity index (χ0n) is 8.70. The molecule has 0 unspecified atom stereocenters. The molecular weight excluding hydrogens is 188 g/mol. The number of aromatic nitrogens is 2. The summed E-state index contributed by atoms with van der Waals surface area (Å²) >= 11 is 0. The number of aliphatic hydroxyl groups excluding tert-OH is 1. The average molecular weight is 202 g/mol. The summed E-state index contributed by atoms with van der Waals surface area (Å²) in [6.07, 6.45) is 2.73. The van der Waals surface area contributed by atoms with Crippen molar-refractivity contribution in [3.8, 4) is 11.3 Å². The Labute approximate surface area is 88.8 Å². The van der Waals surface area contributed by atoms with Crippen LogP contribution in [0.15, 0.2) is 30.5 Å². The SMILES string of the molecule is CCc1ncc(-c2cccc(CO)c2)[nH]1. The molecule has 2 rings (SSSR count). The highest BCUT2D eigenvalue weighted by Gasteiger charge is 2.02. The fraction of sp³-hybridized carbons (Fsp3) is 0.250.